The number of methoxy groups -OCH3 is 1. The van der Waals surface area contributed by atoms with Gasteiger partial charge in [-0.1, -0.05) is 62.4 Å². The first-order valence-electron chi connectivity index (χ1n) is 9.79. The number of hydrogen-bond acceptors (Lipinski definition) is 5. The predicted molar refractivity (Wildman–Crippen MR) is 112 cm³/mol. The summed E-state index contributed by atoms with van der Waals surface area (Å²) in [4.78, 5) is 37.9. The molecule has 6 heteroatoms. The zero-order valence-electron chi connectivity index (χ0n) is 17.4. The van der Waals surface area contributed by atoms with Gasteiger partial charge in [0.15, 0.2) is 5.41 Å². The molecule has 1 N–H and O–H groups in total. The van der Waals surface area contributed by atoms with Gasteiger partial charge in [-0.05, 0) is 30.0 Å². The number of esters is 1. The quantitative estimate of drug-likeness (QED) is 0.675. The summed E-state index contributed by atoms with van der Waals surface area (Å²) < 4.78 is 5.00. The highest BCUT2D eigenvalue weighted by Crippen LogP contribution is 2.39. The predicted octanol–water partition coefficient (Wildman–Crippen LogP) is 3.63. The maximum atomic E-state index is 12.9. The number of nitrogens with zero attached hydrogens (tertiary/aromatic N) is 1. The van der Waals surface area contributed by atoms with E-state index in [0.717, 1.165) is 0 Å². The van der Waals surface area contributed by atoms with Crippen molar-refractivity contribution in [2.24, 2.45) is 11.8 Å². The fraction of sp³-hybridized carbons (Fsp3) is 0.333. The molecule has 0 radical (unpaired) electrons. The van der Waals surface area contributed by atoms with E-state index in [1.807, 2.05) is 13.8 Å². The monoisotopic (exact) mass is 406 g/mol. The van der Waals surface area contributed by atoms with Crippen LogP contribution in [0.25, 0.3) is 0 Å². The molecule has 2 aromatic rings. The summed E-state index contributed by atoms with van der Waals surface area (Å²) in [7, 11) is 1.22. The van der Waals surface area contributed by atoms with E-state index in [2.05, 4.69) is 11.4 Å². The molecule has 0 aromatic heterocycles. The van der Waals surface area contributed by atoms with Gasteiger partial charge in [0.05, 0.1) is 13.2 Å². The molecule has 0 fully saturated rings. The SMILES string of the molecule is COC(=O)C(C#N)(c1ccccc1)[C@@H](CC(=O)NC(=O)c1ccccc1)CC(C)C. The largest absolute Gasteiger partial charge is 0.468 e. The van der Waals surface area contributed by atoms with Crippen LogP contribution in [0.1, 0.15) is 42.6 Å². The first-order valence-corrected chi connectivity index (χ1v) is 9.79. The lowest BCUT2D eigenvalue weighted by atomic mass is 9.67. The maximum Gasteiger partial charge on any atom is 0.331 e. The van der Waals surface area contributed by atoms with E-state index >= 15 is 0 Å². The second kappa shape index (κ2) is 10.4. The minimum absolute atomic E-state index is 0.105. The smallest absolute Gasteiger partial charge is 0.331 e. The highest BCUT2D eigenvalue weighted by Gasteiger charge is 2.49. The van der Waals surface area contributed by atoms with Gasteiger partial charge in [0, 0.05) is 17.9 Å². The van der Waals surface area contributed by atoms with Crippen LogP contribution in [-0.4, -0.2) is 24.9 Å². The number of nitrogens with one attached hydrogen (secondary N) is 1. The molecule has 0 saturated heterocycles. The van der Waals surface area contributed by atoms with E-state index in [0.29, 0.717) is 17.5 Å². The number of carbonyl (C=O) groups is 3. The molecular formula is C24H26N2O4. The average molecular weight is 406 g/mol. The molecule has 2 aromatic carbocycles. The Labute approximate surface area is 176 Å². The van der Waals surface area contributed by atoms with Crippen LogP contribution < -0.4 is 5.32 Å². The van der Waals surface area contributed by atoms with E-state index in [1.165, 1.54) is 7.11 Å². The van der Waals surface area contributed by atoms with E-state index in [4.69, 9.17) is 4.74 Å². The molecule has 0 saturated carbocycles. The summed E-state index contributed by atoms with van der Waals surface area (Å²) in [5.74, 6) is -2.36. The van der Waals surface area contributed by atoms with E-state index in [-0.39, 0.29) is 12.3 Å². The molecule has 1 unspecified atom stereocenters. The third-order valence-corrected chi connectivity index (χ3v) is 5.00. The van der Waals surface area contributed by atoms with Crippen molar-refractivity contribution in [1.82, 2.24) is 5.32 Å². The van der Waals surface area contributed by atoms with Crippen LogP contribution in [0.2, 0.25) is 0 Å². The topological polar surface area (TPSA) is 96.3 Å². The lowest BCUT2D eigenvalue weighted by Gasteiger charge is -2.33. The summed E-state index contributed by atoms with van der Waals surface area (Å²) in [5, 5.41) is 12.5. The summed E-state index contributed by atoms with van der Waals surface area (Å²) in [6.07, 6.45) is 0.249. The van der Waals surface area contributed by atoms with Crippen molar-refractivity contribution in [3.63, 3.8) is 0 Å². The zero-order valence-corrected chi connectivity index (χ0v) is 17.4. The molecule has 2 rings (SSSR count). The average Bonchev–Trinajstić information content (AvgIpc) is 2.75. The minimum atomic E-state index is -1.66. The van der Waals surface area contributed by atoms with Crippen molar-refractivity contribution in [1.29, 1.82) is 5.26 Å². The number of rotatable bonds is 8. The number of hydrogen-bond donors (Lipinski definition) is 1. The normalized spacial score (nSPS) is 13.6. The van der Waals surface area contributed by atoms with Crippen molar-refractivity contribution in [2.75, 3.05) is 7.11 Å². The number of carbonyl (C=O) groups excluding carboxylic acids is 3. The van der Waals surface area contributed by atoms with Gasteiger partial charge in [0.1, 0.15) is 0 Å². The Morgan fingerprint density at radius 2 is 1.60 bits per heavy atom. The molecule has 2 amide bonds. The number of nitriles is 1. The third-order valence-electron chi connectivity index (χ3n) is 5.00. The van der Waals surface area contributed by atoms with Gasteiger partial charge in [0.2, 0.25) is 5.91 Å². The lowest BCUT2D eigenvalue weighted by molar-refractivity contribution is -0.147. The Balaban J connectivity index is 2.38. The van der Waals surface area contributed by atoms with Crippen LogP contribution in [0.15, 0.2) is 60.7 Å². The van der Waals surface area contributed by atoms with Crippen LogP contribution in [-0.2, 0) is 19.7 Å². The second-order valence-electron chi connectivity index (χ2n) is 7.55. The van der Waals surface area contributed by atoms with Gasteiger partial charge in [-0.3, -0.25) is 14.9 Å². The Hall–Kier alpha value is -3.46. The van der Waals surface area contributed by atoms with Gasteiger partial charge in [-0.25, -0.2) is 4.79 Å². The molecule has 6 nitrogen and oxygen atoms in total. The summed E-state index contributed by atoms with van der Waals surface area (Å²) in [5.41, 5.74) is -0.839. The van der Waals surface area contributed by atoms with Crippen LogP contribution >= 0.6 is 0 Å². The molecule has 0 aliphatic carbocycles. The van der Waals surface area contributed by atoms with Gasteiger partial charge in [-0.15, -0.1) is 0 Å². The molecular weight excluding hydrogens is 380 g/mol. The second-order valence-corrected chi connectivity index (χ2v) is 7.55. The van der Waals surface area contributed by atoms with Crippen LogP contribution in [0.3, 0.4) is 0 Å². The van der Waals surface area contributed by atoms with Crippen LogP contribution in [0.5, 0.6) is 0 Å². The minimum Gasteiger partial charge on any atom is -0.468 e. The van der Waals surface area contributed by atoms with Crippen molar-refractivity contribution in [2.45, 2.75) is 32.1 Å². The Kier molecular flexibility index (Phi) is 7.88. The number of imide groups is 1. The highest BCUT2D eigenvalue weighted by atomic mass is 16.5. The fourth-order valence-corrected chi connectivity index (χ4v) is 3.63. The van der Waals surface area contributed by atoms with Crippen LogP contribution in [0, 0.1) is 23.2 Å². The van der Waals surface area contributed by atoms with E-state index < -0.39 is 29.1 Å². The van der Waals surface area contributed by atoms with Crippen molar-refractivity contribution >= 4 is 17.8 Å². The first-order chi connectivity index (χ1) is 14.3. The van der Waals surface area contributed by atoms with E-state index in [1.54, 1.807) is 60.7 Å². The fourth-order valence-electron chi connectivity index (χ4n) is 3.63. The summed E-state index contributed by atoms with van der Waals surface area (Å²) in [6.45, 7) is 3.90. The molecule has 0 heterocycles. The van der Waals surface area contributed by atoms with Gasteiger partial charge < -0.3 is 4.74 Å². The molecule has 30 heavy (non-hydrogen) atoms. The Morgan fingerprint density at radius 1 is 1.03 bits per heavy atom. The van der Waals surface area contributed by atoms with Gasteiger partial charge in [-0.2, -0.15) is 5.26 Å². The Morgan fingerprint density at radius 3 is 2.10 bits per heavy atom. The highest BCUT2D eigenvalue weighted by molar-refractivity contribution is 6.04. The third kappa shape index (κ3) is 5.12. The maximum absolute atomic E-state index is 12.9. The molecule has 2 atom stereocenters. The van der Waals surface area contributed by atoms with Gasteiger partial charge in [0.25, 0.3) is 5.91 Å². The van der Waals surface area contributed by atoms with E-state index in [9.17, 15) is 19.6 Å². The molecule has 0 bridgehead atoms. The number of amides is 2. The number of benzene rings is 2. The van der Waals surface area contributed by atoms with Crippen molar-refractivity contribution in [3.05, 3.63) is 71.8 Å². The van der Waals surface area contributed by atoms with Crippen molar-refractivity contribution in [3.8, 4) is 6.07 Å². The zero-order chi connectivity index (χ0) is 22.1. The molecule has 0 spiro atoms. The molecule has 156 valence electrons. The van der Waals surface area contributed by atoms with Crippen molar-refractivity contribution < 1.29 is 19.1 Å². The lowest BCUT2D eigenvalue weighted by Crippen LogP contribution is -2.46. The summed E-state index contributed by atoms with van der Waals surface area (Å²) >= 11 is 0. The molecule has 0 aliphatic rings. The standard InChI is InChI=1S/C24H26N2O4/c1-17(2)14-20(15-21(27)26-22(28)18-10-6-4-7-11-18)24(16-25,23(29)30-3)19-12-8-5-9-13-19/h4-13,17,20H,14-15H2,1-3H3,(H,26,27,28)/t20-,24?/m1/s1. The molecule has 0 aliphatic heterocycles. The van der Waals surface area contributed by atoms with Crippen LogP contribution in [0.4, 0.5) is 0 Å². The number of ether oxygens (including phenoxy) is 1. The summed E-state index contributed by atoms with van der Waals surface area (Å²) in [6, 6.07) is 19.1. The van der Waals surface area contributed by atoms with Gasteiger partial charge >= 0.3 is 5.97 Å². The first kappa shape index (κ1) is 22.8. The Bertz CT molecular complexity index is 919.